The smallest absolute Gasteiger partial charge is 0.246 e. The first kappa shape index (κ1) is 11.6. The Morgan fingerprint density at radius 3 is 2.67 bits per heavy atom. The second-order valence-electron chi connectivity index (χ2n) is 3.79. The Labute approximate surface area is 88.4 Å². The number of nitrogens with zero attached hydrogens (tertiary/aromatic N) is 2. The average Bonchev–Trinajstić information content (AvgIpc) is 2.60. The quantitative estimate of drug-likeness (QED) is 0.734. The Balaban J connectivity index is 2.47. The van der Waals surface area contributed by atoms with Gasteiger partial charge >= 0.3 is 0 Å². The van der Waals surface area contributed by atoms with Crippen LogP contribution in [0.4, 0.5) is 0 Å². The van der Waals surface area contributed by atoms with Crippen LogP contribution in [0.15, 0.2) is 4.52 Å². The van der Waals surface area contributed by atoms with Crippen molar-refractivity contribution < 1.29 is 9.32 Å². The van der Waals surface area contributed by atoms with Crippen molar-refractivity contribution in [3.05, 3.63) is 11.7 Å². The van der Waals surface area contributed by atoms with E-state index < -0.39 is 5.54 Å². The molecule has 0 fully saturated rings. The van der Waals surface area contributed by atoms with Crippen LogP contribution in [-0.4, -0.2) is 28.6 Å². The van der Waals surface area contributed by atoms with E-state index in [-0.39, 0.29) is 12.5 Å². The number of carbonyl (C=O) groups excluding carboxylic acids is 1. The van der Waals surface area contributed by atoms with Crippen LogP contribution in [0.5, 0.6) is 0 Å². The highest BCUT2D eigenvalue weighted by atomic mass is 16.5. The molecule has 1 heterocycles. The van der Waals surface area contributed by atoms with Crippen molar-refractivity contribution in [2.24, 2.45) is 0 Å². The molecule has 1 rings (SSSR count). The zero-order valence-corrected chi connectivity index (χ0v) is 9.42. The minimum absolute atomic E-state index is 0.110. The van der Waals surface area contributed by atoms with Gasteiger partial charge in [-0.05, 0) is 27.8 Å². The molecule has 0 bridgehead atoms. The van der Waals surface area contributed by atoms with Crippen molar-refractivity contribution in [2.45, 2.75) is 32.9 Å². The fraction of sp³-hybridized carbons (Fsp3) is 0.667. The van der Waals surface area contributed by atoms with Gasteiger partial charge < -0.3 is 15.2 Å². The summed E-state index contributed by atoms with van der Waals surface area (Å²) in [5.74, 6) is 0.862. The normalized spacial score (nSPS) is 11.5. The first-order valence-electron chi connectivity index (χ1n) is 4.72. The molecule has 1 aromatic heterocycles. The van der Waals surface area contributed by atoms with Gasteiger partial charge in [0.1, 0.15) is 0 Å². The van der Waals surface area contributed by atoms with Crippen molar-refractivity contribution in [1.82, 2.24) is 20.8 Å². The molecule has 0 radical (unpaired) electrons. The maximum Gasteiger partial charge on any atom is 0.246 e. The number of aromatic nitrogens is 2. The van der Waals surface area contributed by atoms with Gasteiger partial charge in [0.25, 0.3) is 0 Å². The number of nitrogens with one attached hydrogen (secondary N) is 2. The summed E-state index contributed by atoms with van der Waals surface area (Å²) in [6.07, 6.45) is 0. The van der Waals surface area contributed by atoms with Crippen LogP contribution in [0, 0.1) is 6.92 Å². The zero-order valence-electron chi connectivity index (χ0n) is 9.42. The van der Waals surface area contributed by atoms with Gasteiger partial charge in [-0.3, -0.25) is 4.79 Å². The molecular weight excluding hydrogens is 196 g/mol. The molecule has 1 aromatic rings. The molecule has 6 heteroatoms. The maximum absolute atomic E-state index is 11.6. The standard InChI is InChI=1S/C9H16N4O2/c1-6-12-7(15-13-6)5-11-8(14)9(2,3)10-4/h10H,5H2,1-4H3,(H,11,14). The summed E-state index contributed by atoms with van der Waals surface area (Å²) in [7, 11) is 1.73. The molecule has 0 unspecified atom stereocenters. The van der Waals surface area contributed by atoms with E-state index in [1.165, 1.54) is 0 Å². The Morgan fingerprint density at radius 2 is 2.20 bits per heavy atom. The highest BCUT2D eigenvalue weighted by Gasteiger charge is 2.25. The Kier molecular flexibility index (Phi) is 3.41. The monoisotopic (exact) mass is 212 g/mol. The van der Waals surface area contributed by atoms with E-state index in [4.69, 9.17) is 4.52 Å². The Hall–Kier alpha value is -1.43. The van der Waals surface area contributed by atoms with Gasteiger partial charge in [0.15, 0.2) is 5.82 Å². The van der Waals surface area contributed by atoms with Crippen molar-refractivity contribution in [1.29, 1.82) is 0 Å². The van der Waals surface area contributed by atoms with Gasteiger partial charge in [0, 0.05) is 0 Å². The summed E-state index contributed by atoms with van der Waals surface area (Å²) in [5.41, 5.74) is -0.602. The van der Waals surface area contributed by atoms with Gasteiger partial charge in [0.2, 0.25) is 11.8 Å². The molecule has 15 heavy (non-hydrogen) atoms. The van der Waals surface area contributed by atoms with Crippen molar-refractivity contribution in [2.75, 3.05) is 7.05 Å². The van der Waals surface area contributed by atoms with E-state index >= 15 is 0 Å². The summed E-state index contributed by atoms with van der Waals surface area (Å²) in [6.45, 7) is 5.57. The van der Waals surface area contributed by atoms with E-state index in [1.54, 1.807) is 27.8 Å². The van der Waals surface area contributed by atoms with Crippen LogP contribution >= 0.6 is 0 Å². The van der Waals surface area contributed by atoms with Crippen LogP contribution < -0.4 is 10.6 Å². The lowest BCUT2D eigenvalue weighted by Gasteiger charge is -2.21. The Bertz CT molecular complexity index is 346. The second kappa shape index (κ2) is 4.39. The SMILES string of the molecule is CNC(C)(C)C(=O)NCc1nc(C)no1. The number of hydrogen-bond acceptors (Lipinski definition) is 5. The average molecular weight is 212 g/mol. The number of amides is 1. The molecule has 0 atom stereocenters. The molecule has 84 valence electrons. The zero-order chi connectivity index (χ0) is 11.5. The van der Waals surface area contributed by atoms with Crippen molar-refractivity contribution in [3.63, 3.8) is 0 Å². The maximum atomic E-state index is 11.6. The highest BCUT2D eigenvalue weighted by Crippen LogP contribution is 2.01. The first-order valence-corrected chi connectivity index (χ1v) is 4.72. The topological polar surface area (TPSA) is 80.0 Å². The van der Waals surface area contributed by atoms with Gasteiger partial charge in [-0.15, -0.1) is 0 Å². The van der Waals surface area contributed by atoms with Gasteiger partial charge in [-0.25, -0.2) is 0 Å². The number of rotatable bonds is 4. The number of carbonyl (C=O) groups is 1. The minimum atomic E-state index is -0.602. The molecule has 0 aliphatic heterocycles. The number of likely N-dealkylation sites (N-methyl/N-ethyl adjacent to an activating group) is 1. The van der Waals surface area contributed by atoms with E-state index in [9.17, 15) is 4.79 Å². The third-order valence-corrected chi connectivity index (χ3v) is 2.16. The highest BCUT2D eigenvalue weighted by molar-refractivity contribution is 5.85. The van der Waals surface area contributed by atoms with Crippen LogP contribution in [-0.2, 0) is 11.3 Å². The summed E-state index contributed by atoms with van der Waals surface area (Å²) < 4.78 is 4.86. The molecule has 2 N–H and O–H groups in total. The van der Waals surface area contributed by atoms with Crippen molar-refractivity contribution >= 4 is 5.91 Å². The third kappa shape index (κ3) is 3.02. The third-order valence-electron chi connectivity index (χ3n) is 2.16. The van der Waals surface area contributed by atoms with E-state index in [0.29, 0.717) is 11.7 Å². The molecule has 0 aliphatic carbocycles. The summed E-state index contributed by atoms with van der Waals surface area (Å²) in [6, 6.07) is 0. The van der Waals surface area contributed by atoms with Gasteiger partial charge in [-0.1, -0.05) is 5.16 Å². The molecule has 0 saturated carbocycles. The molecular formula is C9H16N4O2. The van der Waals surface area contributed by atoms with Crippen molar-refractivity contribution in [3.8, 4) is 0 Å². The lowest BCUT2D eigenvalue weighted by Crippen LogP contribution is -2.50. The predicted octanol–water partition coefficient (Wildman–Crippen LogP) is -0.00778. The minimum Gasteiger partial charge on any atom is -0.345 e. The predicted molar refractivity (Wildman–Crippen MR) is 54.0 cm³/mol. The second-order valence-corrected chi connectivity index (χ2v) is 3.79. The fourth-order valence-corrected chi connectivity index (χ4v) is 0.902. The van der Waals surface area contributed by atoms with E-state index in [0.717, 1.165) is 0 Å². The summed E-state index contributed by atoms with van der Waals surface area (Å²) >= 11 is 0. The van der Waals surface area contributed by atoms with E-state index in [1.807, 2.05) is 0 Å². The Morgan fingerprint density at radius 1 is 1.53 bits per heavy atom. The molecule has 6 nitrogen and oxygen atoms in total. The largest absolute Gasteiger partial charge is 0.345 e. The van der Waals surface area contributed by atoms with Crippen LogP contribution in [0.25, 0.3) is 0 Å². The molecule has 0 aliphatic rings. The number of hydrogen-bond donors (Lipinski definition) is 2. The first-order chi connectivity index (χ1) is 6.95. The summed E-state index contributed by atoms with van der Waals surface area (Å²) in [4.78, 5) is 15.6. The molecule has 0 spiro atoms. The number of aryl methyl sites for hydroxylation is 1. The van der Waals surface area contributed by atoms with Crippen LogP contribution in [0.1, 0.15) is 25.6 Å². The lowest BCUT2D eigenvalue weighted by molar-refractivity contribution is -0.126. The fourth-order valence-electron chi connectivity index (χ4n) is 0.902. The molecule has 1 amide bonds. The molecule has 0 aromatic carbocycles. The van der Waals surface area contributed by atoms with Crippen LogP contribution in [0.3, 0.4) is 0 Å². The van der Waals surface area contributed by atoms with Crippen LogP contribution in [0.2, 0.25) is 0 Å². The van der Waals surface area contributed by atoms with E-state index in [2.05, 4.69) is 20.8 Å². The molecule has 0 saturated heterocycles. The lowest BCUT2D eigenvalue weighted by atomic mass is 10.1. The van der Waals surface area contributed by atoms with Gasteiger partial charge in [0.05, 0.1) is 12.1 Å². The summed E-state index contributed by atoms with van der Waals surface area (Å²) in [5, 5.41) is 9.23. The van der Waals surface area contributed by atoms with Gasteiger partial charge in [-0.2, -0.15) is 4.98 Å².